The van der Waals surface area contributed by atoms with Gasteiger partial charge in [-0.1, -0.05) is 40.2 Å². The highest BCUT2D eigenvalue weighted by molar-refractivity contribution is 9.10. The summed E-state index contributed by atoms with van der Waals surface area (Å²) < 4.78 is 6.48. The summed E-state index contributed by atoms with van der Waals surface area (Å²) in [7, 11) is 0. The standard InChI is InChI=1S/C20H22BrN3O3/c21-16-5-3-15(4-6-16)20(9-11-27-12-10-20)18(25)23-13-14-1-7-17(8-2-14)24-19(22)26/h1-8H,9-13H2,(H,23,25)(H3,22,24,26). The number of rotatable bonds is 5. The molecule has 0 aromatic heterocycles. The Morgan fingerprint density at radius 1 is 1.04 bits per heavy atom. The van der Waals surface area contributed by atoms with Crippen molar-refractivity contribution in [3.05, 3.63) is 64.1 Å². The van der Waals surface area contributed by atoms with Crippen LogP contribution in [0.3, 0.4) is 0 Å². The molecule has 6 nitrogen and oxygen atoms in total. The second kappa shape index (κ2) is 8.54. The van der Waals surface area contributed by atoms with Crippen LogP contribution < -0.4 is 16.4 Å². The second-order valence-corrected chi connectivity index (χ2v) is 7.49. The van der Waals surface area contributed by atoms with Crippen LogP contribution in [-0.4, -0.2) is 25.2 Å². The first-order chi connectivity index (χ1) is 13.0. The molecule has 1 aliphatic rings. The number of halogens is 1. The third-order valence-corrected chi connectivity index (χ3v) is 5.38. The van der Waals surface area contributed by atoms with E-state index in [-0.39, 0.29) is 5.91 Å². The van der Waals surface area contributed by atoms with Crippen LogP contribution in [0, 0.1) is 0 Å². The van der Waals surface area contributed by atoms with Crippen LogP contribution in [0.4, 0.5) is 10.5 Å². The van der Waals surface area contributed by atoms with Crippen molar-refractivity contribution in [1.29, 1.82) is 0 Å². The fourth-order valence-electron chi connectivity index (χ4n) is 3.34. The molecular weight excluding hydrogens is 410 g/mol. The number of amides is 3. The molecule has 142 valence electrons. The van der Waals surface area contributed by atoms with Crippen molar-refractivity contribution >= 4 is 33.6 Å². The largest absolute Gasteiger partial charge is 0.381 e. The molecule has 4 N–H and O–H groups in total. The maximum Gasteiger partial charge on any atom is 0.316 e. The van der Waals surface area contributed by atoms with Crippen LogP contribution in [0.15, 0.2) is 53.0 Å². The summed E-state index contributed by atoms with van der Waals surface area (Å²) in [6.45, 7) is 1.54. The number of hydrogen-bond donors (Lipinski definition) is 3. The normalized spacial score (nSPS) is 15.7. The molecule has 0 radical (unpaired) electrons. The van der Waals surface area contributed by atoms with Gasteiger partial charge in [0.25, 0.3) is 0 Å². The fraction of sp³-hybridized carbons (Fsp3) is 0.300. The van der Waals surface area contributed by atoms with Crippen molar-refractivity contribution in [2.24, 2.45) is 5.73 Å². The first-order valence-corrected chi connectivity index (χ1v) is 9.56. The average Bonchev–Trinajstić information content (AvgIpc) is 2.68. The lowest BCUT2D eigenvalue weighted by Gasteiger charge is -2.36. The number of primary amides is 1. The number of carbonyl (C=O) groups excluding carboxylic acids is 2. The summed E-state index contributed by atoms with van der Waals surface area (Å²) in [6.07, 6.45) is 1.31. The Hall–Kier alpha value is -2.38. The van der Waals surface area contributed by atoms with Gasteiger partial charge in [0.15, 0.2) is 0 Å². The topological polar surface area (TPSA) is 93.5 Å². The Kier molecular flexibility index (Phi) is 6.13. The minimum atomic E-state index is -0.605. The molecule has 7 heteroatoms. The van der Waals surface area contributed by atoms with E-state index in [0.29, 0.717) is 38.3 Å². The van der Waals surface area contributed by atoms with Crippen LogP contribution in [0.5, 0.6) is 0 Å². The smallest absolute Gasteiger partial charge is 0.316 e. The zero-order valence-corrected chi connectivity index (χ0v) is 16.4. The maximum atomic E-state index is 13.1. The van der Waals surface area contributed by atoms with Gasteiger partial charge in [0, 0.05) is 29.9 Å². The molecule has 1 heterocycles. The van der Waals surface area contributed by atoms with Crippen molar-refractivity contribution in [3.63, 3.8) is 0 Å². The molecule has 0 spiro atoms. The minimum Gasteiger partial charge on any atom is -0.381 e. The average molecular weight is 432 g/mol. The predicted molar refractivity (Wildman–Crippen MR) is 107 cm³/mol. The summed E-state index contributed by atoms with van der Waals surface area (Å²) in [5.74, 6) is 0.00691. The number of nitrogens with two attached hydrogens (primary N) is 1. The van der Waals surface area contributed by atoms with E-state index in [0.717, 1.165) is 15.6 Å². The molecule has 1 fully saturated rings. The van der Waals surface area contributed by atoms with Gasteiger partial charge in [-0.05, 0) is 48.2 Å². The molecule has 0 bridgehead atoms. The number of anilines is 1. The van der Waals surface area contributed by atoms with Crippen LogP contribution in [0.25, 0.3) is 0 Å². The Morgan fingerprint density at radius 2 is 1.67 bits per heavy atom. The lowest BCUT2D eigenvalue weighted by molar-refractivity contribution is -0.130. The summed E-state index contributed by atoms with van der Waals surface area (Å²) in [4.78, 5) is 24.0. The Morgan fingerprint density at radius 3 is 2.26 bits per heavy atom. The third-order valence-electron chi connectivity index (χ3n) is 4.85. The number of nitrogens with one attached hydrogen (secondary N) is 2. The van der Waals surface area contributed by atoms with Gasteiger partial charge < -0.3 is 21.1 Å². The van der Waals surface area contributed by atoms with Gasteiger partial charge >= 0.3 is 6.03 Å². The van der Waals surface area contributed by atoms with E-state index in [4.69, 9.17) is 10.5 Å². The van der Waals surface area contributed by atoms with Gasteiger partial charge in [0.05, 0.1) is 5.41 Å². The zero-order chi connectivity index (χ0) is 19.3. The quantitative estimate of drug-likeness (QED) is 0.677. The number of urea groups is 1. The highest BCUT2D eigenvalue weighted by atomic mass is 79.9. The summed E-state index contributed by atoms with van der Waals surface area (Å²) in [5, 5.41) is 5.58. The predicted octanol–water partition coefficient (Wildman–Crippen LogP) is 3.30. The number of benzene rings is 2. The molecule has 0 aliphatic carbocycles. The molecule has 0 unspecified atom stereocenters. The van der Waals surface area contributed by atoms with Gasteiger partial charge in [0.2, 0.25) is 5.91 Å². The van der Waals surface area contributed by atoms with Crippen molar-refractivity contribution < 1.29 is 14.3 Å². The number of ether oxygens (including phenoxy) is 1. The Bertz CT molecular complexity index is 800. The SMILES string of the molecule is NC(=O)Nc1ccc(CNC(=O)C2(c3ccc(Br)cc3)CCOCC2)cc1. The Balaban J connectivity index is 1.71. The van der Waals surface area contributed by atoms with E-state index in [1.54, 1.807) is 12.1 Å². The van der Waals surface area contributed by atoms with Gasteiger partial charge in [-0.25, -0.2) is 4.79 Å². The van der Waals surface area contributed by atoms with E-state index >= 15 is 0 Å². The van der Waals surface area contributed by atoms with Crippen molar-refractivity contribution in [3.8, 4) is 0 Å². The van der Waals surface area contributed by atoms with Crippen molar-refractivity contribution in [1.82, 2.24) is 5.32 Å². The van der Waals surface area contributed by atoms with E-state index in [9.17, 15) is 9.59 Å². The van der Waals surface area contributed by atoms with Crippen molar-refractivity contribution in [2.45, 2.75) is 24.8 Å². The molecule has 3 amide bonds. The van der Waals surface area contributed by atoms with Crippen LogP contribution in [-0.2, 0) is 21.5 Å². The molecule has 2 aromatic carbocycles. The molecule has 3 rings (SSSR count). The zero-order valence-electron chi connectivity index (χ0n) is 14.8. The van der Waals surface area contributed by atoms with E-state index in [2.05, 4.69) is 26.6 Å². The lowest BCUT2D eigenvalue weighted by atomic mass is 9.73. The summed E-state index contributed by atoms with van der Waals surface area (Å²) >= 11 is 3.45. The third kappa shape index (κ3) is 4.67. The number of hydrogen-bond acceptors (Lipinski definition) is 3. The maximum absolute atomic E-state index is 13.1. The van der Waals surface area contributed by atoms with Crippen LogP contribution in [0.2, 0.25) is 0 Å². The first kappa shape index (κ1) is 19.4. The lowest BCUT2D eigenvalue weighted by Crippen LogP contribution is -2.47. The summed E-state index contributed by atoms with van der Waals surface area (Å²) in [5.41, 5.74) is 7.09. The second-order valence-electron chi connectivity index (χ2n) is 6.57. The molecule has 1 saturated heterocycles. The highest BCUT2D eigenvalue weighted by Gasteiger charge is 2.41. The van der Waals surface area contributed by atoms with Gasteiger partial charge in [-0.2, -0.15) is 0 Å². The van der Waals surface area contributed by atoms with Gasteiger partial charge in [-0.15, -0.1) is 0 Å². The molecule has 1 aliphatic heterocycles. The monoisotopic (exact) mass is 431 g/mol. The van der Waals surface area contributed by atoms with Crippen LogP contribution >= 0.6 is 15.9 Å². The van der Waals surface area contributed by atoms with Gasteiger partial charge in [-0.3, -0.25) is 4.79 Å². The molecule has 0 atom stereocenters. The number of carbonyl (C=O) groups is 2. The summed E-state index contributed by atoms with van der Waals surface area (Å²) in [6, 6.07) is 14.5. The highest BCUT2D eigenvalue weighted by Crippen LogP contribution is 2.36. The van der Waals surface area contributed by atoms with Gasteiger partial charge in [0.1, 0.15) is 0 Å². The molecule has 27 heavy (non-hydrogen) atoms. The Labute approximate surface area is 166 Å². The van der Waals surface area contributed by atoms with E-state index < -0.39 is 11.4 Å². The van der Waals surface area contributed by atoms with Crippen molar-refractivity contribution in [2.75, 3.05) is 18.5 Å². The minimum absolute atomic E-state index is 0.00691. The van der Waals surface area contributed by atoms with E-state index in [1.165, 1.54) is 0 Å². The first-order valence-electron chi connectivity index (χ1n) is 8.77. The molecule has 0 saturated carbocycles. The fourth-order valence-corrected chi connectivity index (χ4v) is 3.60. The molecular formula is C20H22BrN3O3. The van der Waals surface area contributed by atoms with Crippen LogP contribution in [0.1, 0.15) is 24.0 Å². The van der Waals surface area contributed by atoms with E-state index in [1.807, 2.05) is 36.4 Å². The molecule has 2 aromatic rings.